The minimum absolute atomic E-state index is 0.0492. The summed E-state index contributed by atoms with van der Waals surface area (Å²) in [5.74, 6) is -0.140. The highest BCUT2D eigenvalue weighted by atomic mass is 35.5. The van der Waals surface area contributed by atoms with Gasteiger partial charge in [0.1, 0.15) is 5.70 Å². The molecular weight excluding hydrogens is 574 g/mol. The van der Waals surface area contributed by atoms with Crippen LogP contribution in [0, 0.1) is 0 Å². The van der Waals surface area contributed by atoms with Crippen LogP contribution in [0.2, 0.25) is 5.02 Å². The van der Waals surface area contributed by atoms with Crippen LogP contribution < -0.4 is 29.7 Å². The second kappa shape index (κ2) is 13.4. The van der Waals surface area contributed by atoms with E-state index < -0.39 is 17.8 Å². The summed E-state index contributed by atoms with van der Waals surface area (Å²) < 4.78 is 21.6. The van der Waals surface area contributed by atoms with E-state index in [2.05, 4.69) is 15.8 Å². The molecule has 43 heavy (non-hydrogen) atoms. The van der Waals surface area contributed by atoms with E-state index in [-0.39, 0.29) is 24.0 Å². The molecule has 1 heterocycles. The number of nitrogens with one attached hydrogen (secondary N) is 2. The minimum Gasteiger partial charge on any atom is -0.493 e. The van der Waals surface area contributed by atoms with Gasteiger partial charge in [0, 0.05) is 10.6 Å². The topological polar surface area (TPSA) is 125 Å². The van der Waals surface area contributed by atoms with Crippen molar-refractivity contribution in [2.75, 3.05) is 13.9 Å². The molecule has 10 nitrogen and oxygen atoms in total. The number of amides is 2. The Hall–Kier alpha value is -5.61. The number of benzene rings is 4. The van der Waals surface area contributed by atoms with Gasteiger partial charge in [-0.05, 0) is 83.9 Å². The van der Waals surface area contributed by atoms with E-state index in [1.165, 1.54) is 19.4 Å². The zero-order valence-corrected chi connectivity index (χ0v) is 23.5. The summed E-state index contributed by atoms with van der Waals surface area (Å²) in [6, 6.07) is 24.7. The van der Waals surface area contributed by atoms with Crippen LogP contribution >= 0.6 is 11.6 Å². The fourth-order valence-electron chi connectivity index (χ4n) is 3.93. The lowest BCUT2D eigenvalue weighted by atomic mass is 10.1. The van der Waals surface area contributed by atoms with Gasteiger partial charge in [0.15, 0.2) is 23.0 Å². The molecule has 2 amide bonds. The molecule has 0 saturated heterocycles. The molecule has 1 aliphatic heterocycles. The van der Waals surface area contributed by atoms with Crippen LogP contribution in [0.1, 0.15) is 31.8 Å². The highest BCUT2D eigenvalue weighted by Gasteiger charge is 2.17. The molecule has 4 aromatic carbocycles. The number of esters is 1. The number of nitrogens with zero attached hydrogens (tertiary/aromatic N) is 1. The molecule has 2 N–H and O–H groups in total. The summed E-state index contributed by atoms with van der Waals surface area (Å²) >= 11 is 5.88. The predicted octanol–water partition coefficient (Wildman–Crippen LogP) is 5.22. The molecule has 0 aliphatic carbocycles. The third-order valence-corrected chi connectivity index (χ3v) is 6.34. The molecule has 0 spiro atoms. The average Bonchev–Trinajstić information content (AvgIpc) is 3.50. The molecule has 216 valence electrons. The Bertz CT molecular complexity index is 1720. The lowest BCUT2D eigenvalue weighted by Crippen LogP contribution is -2.32. The normalized spacial score (nSPS) is 12.1. The van der Waals surface area contributed by atoms with Gasteiger partial charge < -0.3 is 24.3 Å². The van der Waals surface area contributed by atoms with Crippen molar-refractivity contribution in [2.45, 2.75) is 0 Å². The van der Waals surface area contributed by atoms with Crippen LogP contribution in [-0.4, -0.2) is 37.9 Å². The van der Waals surface area contributed by atoms with E-state index in [1.54, 1.807) is 91.0 Å². The summed E-state index contributed by atoms with van der Waals surface area (Å²) in [7, 11) is 1.43. The minimum atomic E-state index is -0.668. The Morgan fingerprint density at radius 1 is 0.837 bits per heavy atom. The molecular formula is C32H24ClN3O7. The number of carbonyl (C=O) groups is 3. The van der Waals surface area contributed by atoms with Crippen LogP contribution in [0.4, 0.5) is 0 Å². The summed E-state index contributed by atoms with van der Waals surface area (Å²) in [5, 5.41) is 7.17. The van der Waals surface area contributed by atoms with Crippen molar-refractivity contribution in [3.05, 3.63) is 124 Å². The molecule has 0 saturated carbocycles. The largest absolute Gasteiger partial charge is 0.493 e. The first-order valence-electron chi connectivity index (χ1n) is 12.9. The van der Waals surface area contributed by atoms with Gasteiger partial charge in [-0.2, -0.15) is 5.10 Å². The molecule has 11 heteroatoms. The second-order valence-corrected chi connectivity index (χ2v) is 9.43. The van der Waals surface area contributed by atoms with Crippen LogP contribution in [0.15, 0.2) is 102 Å². The van der Waals surface area contributed by atoms with Gasteiger partial charge in [-0.3, -0.25) is 9.59 Å². The molecule has 4 aromatic rings. The molecule has 0 atom stereocenters. The van der Waals surface area contributed by atoms with E-state index in [0.29, 0.717) is 38.8 Å². The first-order chi connectivity index (χ1) is 20.9. The van der Waals surface area contributed by atoms with Gasteiger partial charge in [0.2, 0.25) is 6.79 Å². The number of ether oxygens (including phenoxy) is 4. The Labute approximate surface area is 251 Å². The van der Waals surface area contributed by atoms with E-state index in [0.717, 1.165) is 0 Å². The maximum absolute atomic E-state index is 13.1. The van der Waals surface area contributed by atoms with Crippen molar-refractivity contribution >= 4 is 41.7 Å². The van der Waals surface area contributed by atoms with Gasteiger partial charge in [-0.15, -0.1) is 0 Å². The fraction of sp³-hybridized carbons (Fsp3) is 0.0625. The molecule has 0 unspecified atom stereocenters. The van der Waals surface area contributed by atoms with E-state index >= 15 is 0 Å². The fourth-order valence-corrected chi connectivity index (χ4v) is 4.06. The quantitative estimate of drug-likeness (QED) is 0.0891. The number of hydrogen-bond donors (Lipinski definition) is 2. The second-order valence-electron chi connectivity index (χ2n) is 9.00. The summed E-state index contributed by atoms with van der Waals surface area (Å²) in [5.41, 5.74) is 4.21. The highest BCUT2D eigenvalue weighted by molar-refractivity contribution is 6.30. The number of carbonyl (C=O) groups excluding carboxylic acids is 3. The Balaban J connectivity index is 1.30. The summed E-state index contributed by atoms with van der Waals surface area (Å²) in [6.45, 7) is 0.103. The van der Waals surface area contributed by atoms with E-state index in [9.17, 15) is 14.4 Å². The number of hydrazone groups is 1. The maximum atomic E-state index is 13.1. The van der Waals surface area contributed by atoms with Gasteiger partial charge in [0.05, 0.1) is 18.9 Å². The standard InChI is InChI=1S/C32H24ClN3O7/c1-40-28-17-21(8-14-27(28)43-32(39)23-9-11-24(33)12-10-23)18-34-36-31(38)25(35-30(37)22-5-3-2-4-6-22)15-20-7-13-26-29(16-20)42-19-41-26/h2-18H,19H2,1H3,(H,35,37)(H,36,38). The molecule has 0 bridgehead atoms. The Kier molecular flexibility index (Phi) is 8.99. The third kappa shape index (κ3) is 7.38. The van der Waals surface area contributed by atoms with Crippen LogP contribution in [0.5, 0.6) is 23.0 Å². The maximum Gasteiger partial charge on any atom is 0.343 e. The van der Waals surface area contributed by atoms with Crippen LogP contribution in [0.25, 0.3) is 6.08 Å². The van der Waals surface area contributed by atoms with Crippen LogP contribution in [-0.2, 0) is 4.79 Å². The first-order valence-corrected chi connectivity index (χ1v) is 13.2. The zero-order chi connectivity index (χ0) is 30.2. The van der Waals surface area contributed by atoms with Gasteiger partial charge in [0.25, 0.3) is 11.8 Å². The Morgan fingerprint density at radius 2 is 1.58 bits per heavy atom. The van der Waals surface area contributed by atoms with E-state index in [4.69, 9.17) is 30.5 Å². The average molecular weight is 598 g/mol. The zero-order valence-electron chi connectivity index (χ0n) is 22.7. The van der Waals surface area contributed by atoms with Crippen molar-refractivity contribution in [3.8, 4) is 23.0 Å². The highest BCUT2D eigenvalue weighted by Crippen LogP contribution is 2.33. The molecule has 1 aliphatic rings. The molecule has 0 radical (unpaired) electrons. The van der Waals surface area contributed by atoms with Crippen molar-refractivity contribution in [1.82, 2.24) is 10.7 Å². The molecule has 0 aromatic heterocycles. The summed E-state index contributed by atoms with van der Waals surface area (Å²) in [6.07, 6.45) is 2.88. The summed E-state index contributed by atoms with van der Waals surface area (Å²) in [4.78, 5) is 38.5. The monoisotopic (exact) mass is 597 g/mol. The van der Waals surface area contributed by atoms with Crippen molar-refractivity contribution in [2.24, 2.45) is 5.10 Å². The molecule has 0 fully saturated rings. The van der Waals surface area contributed by atoms with Crippen molar-refractivity contribution in [1.29, 1.82) is 0 Å². The predicted molar refractivity (Wildman–Crippen MR) is 160 cm³/mol. The smallest absolute Gasteiger partial charge is 0.343 e. The van der Waals surface area contributed by atoms with E-state index in [1.807, 2.05) is 0 Å². The first kappa shape index (κ1) is 28.9. The third-order valence-electron chi connectivity index (χ3n) is 6.09. The van der Waals surface area contributed by atoms with Gasteiger partial charge >= 0.3 is 5.97 Å². The SMILES string of the molecule is COc1cc(C=NNC(=O)C(=Cc2ccc3c(c2)OCO3)NC(=O)c2ccccc2)ccc1OC(=O)c1ccc(Cl)cc1. The van der Waals surface area contributed by atoms with Gasteiger partial charge in [-0.1, -0.05) is 35.9 Å². The number of methoxy groups -OCH3 is 1. The number of hydrogen-bond acceptors (Lipinski definition) is 8. The number of rotatable bonds is 9. The lowest BCUT2D eigenvalue weighted by Gasteiger charge is -2.10. The number of fused-ring (bicyclic) bond motifs is 1. The van der Waals surface area contributed by atoms with Gasteiger partial charge in [-0.25, -0.2) is 10.2 Å². The lowest BCUT2D eigenvalue weighted by molar-refractivity contribution is -0.117. The number of halogens is 1. The van der Waals surface area contributed by atoms with Crippen LogP contribution in [0.3, 0.4) is 0 Å². The molecule has 5 rings (SSSR count). The van der Waals surface area contributed by atoms with Crippen molar-refractivity contribution < 1.29 is 33.3 Å². The Morgan fingerprint density at radius 3 is 2.35 bits per heavy atom. The van der Waals surface area contributed by atoms with Crippen molar-refractivity contribution in [3.63, 3.8) is 0 Å².